The topological polar surface area (TPSA) is 50.3 Å². The molecule has 26 heavy (non-hydrogen) atoms. The van der Waals surface area contributed by atoms with Crippen LogP contribution in [-0.2, 0) is 16.4 Å². The first-order valence-corrected chi connectivity index (χ1v) is 11.1. The van der Waals surface area contributed by atoms with Crippen LogP contribution in [0.5, 0.6) is 0 Å². The van der Waals surface area contributed by atoms with E-state index in [1.807, 2.05) is 35.7 Å². The molecule has 132 valence electrons. The maximum Gasteiger partial charge on any atom is 0.183 e. The number of benzene rings is 1. The Morgan fingerprint density at radius 3 is 2.81 bits per heavy atom. The van der Waals surface area contributed by atoms with Gasteiger partial charge < -0.3 is 0 Å². The molecule has 0 aliphatic carbocycles. The molecule has 5 rings (SSSR count). The Hall–Kier alpha value is -2.02. The zero-order valence-corrected chi connectivity index (χ0v) is 15.7. The molecule has 2 aliphatic rings. The molecule has 4 nitrogen and oxygen atoms in total. The molecule has 3 aromatic rings. The maximum absolute atomic E-state index is 13.0. The highest BCUT2D eigenvalue weighted by Gasteiger charge is 2.50. The number of rotatable bonds is 3. The van der Waals surface area contributed by atoms with E-state index in [9.17, 15) is 8.42 Å². The second kappa shape index (κ2) is 6.01. The highest BCUT2D eigenvalue weighted by atomic mass is 32.2. The number of hydrogen-bond acceptors (Lipinski definition) is 5. The third-order valence-electron chi connectivity index (χ3n) is 5.37. The van der Waals surface area contributed by atoms with Gasteiger partial charge in [0, 0.05) is 36.6 Å². The van der Waals surface area contributed by atoms with Crippen LogP contribution < -0.4 is 0 Å². The molecule has 0 amide bonds. The zero-order chi connectivity index (χ0) is 17.7. The Kier molecular flexibility index (Phi) is 3.74. The summed E-state index contributed by atoms with van der Waals surface area (Å²) < 4.78 is 26.0. The predicted molar refractivity (Wildman–Crippen MR) is 103 cm³/mol. The van der Waals surface area contributed by atoms with Gasteiger partial charge in [0.1, 0.15) is 0 Å². The standard InChI is InChI=1S/C20H18N2O2S2/c23-26(24)19-7-6-14(18-5-3-9-25-18)10-16(19)17-12-22(13-20(17)26)11-15-4-1-2-8-21-15/h1-10,17,20H,11-13H2/t17-,20+/m0/s1. The van der Waals surface area contributed by atoms with Gasteiger partial charge in [0.25, 0.3) is 0 Å². The van der Waals surface area contributed by atoms with Crippen LogP contribution in [0.1, 0.15) is 17.2 Å². The number of nitrogens with zero attached hydrogens (tertiary/aromatic N) is 2. The largest absolute Gasteiger partial charge is 0.296 e. The molecule has 0 unspecified atom stereocenters. The quantitative estimate of drug-likeness (QED) is 0.695. The third kappa shape index (κ3) is 2.52. The number of aromatic nitrogens is 1. The van der Waals surface area contributed by atoms with E-state index < -0.39 is 9.84 Å². The summed E-state index contributed by atoms with van der Waals surface area (Å²) in [6.45, 7) is 2.04. The second-order valence-corrected chi connectivity index (χ2v) is 10.0. The van der Waals surface area contributed by atoms with Gasteiger partial charge in [-0.2, -0.15) is 0 Å². The monoisotopic (exact) mass is 382 g/mol. The SMILES string of the molecule is O=S1(=O)c2ccc(-c3cccs3)cc2[C@@H]2CN(Cc3ccccn3)C[C@H]21. The molecule has 4 heterocycles. The van der Waals surface area contributed by atoms with Crippen molar-refractivity contribution in [2.24, 2.45) is 0 Å². The molecule has 0 bridgehead atoms. The molecule has 0 saturated carbocycles. The molecule has 0 radical (unpaired) electrons. The minimum atomic E-state index is -3.25. The number of fused-ring (bicyclic) bond motifs is 3. The summed E-state index contributed by atoms with van der Waals surface area (Å²) in [5.74, 6) is 0.0543. The molecule has 2 aliphatic heterocycles. The first-order valence-electron chi connectivity index (χ1n) is 8.67. The molecule has 0 N–H and O–H groups in total. The van der Waals surface area contributed by atoms with E-state index in [4.69, 9.17) is 0 Å². The molecule has 0 spiro atoms. The fourth-order valence-corrected chi connectivity index (χ4v) is 7.09. The van der Waals surface area contributed by atoms with Crippen molar-refractivity contribution >= 4 is 21.2 Å². The summed E-state index contributed by atoms with van der Waals surface area (Å²) in [4.78, 5) is 8.30. The number of pyridine rings is 1. The highest BCUT2D eigenvalue weighted by Crippen LogP contribution is 2.46. The molecule has 2 aromatic heterocycles. The van der Waals surface area contributed by atoms with E-state index >= 15 is 0 Å². The van der Waals surface area contributed by atoms with Crippen LogP contribution in [-0.4, -0.2) is 36.6 Å². The lowest BCUT2D eigenvalue weighted by atomic mass is 9.96. The van der Waals surface area contributed by atoms with Gasteiger partial charge >= 0.3 is 0 Å². The summed E-state index contributed by atoms with van der Waals surface area (Å²) >= 11 is 1.68. The Morgan fingerprint density at radius 1 is 1.12 bits per heavy atom. The van der Waals surface area contributed by atoms with Gasteiger partial charge in [-0.3, -0.25) is 9.88 Å². The molecule has 6 heteroatoms. The van der Waals surface area contributed by atoms with Crippen LogP contribution in [0.25, 0.3) is 10.4 Å². The van der Waals surface area contributed by atoms with Gasteiger partial charge in [0.05, 0.1) is 15.8 Å². The maximum atomic E-state index is 13.0. The average molecular weight is 383 g/mol. The van der Waals surface area contributed by atoms with Crippen molar-refractivity contribution in [2.45, 2.75) is 22.6 Å². The van der Waals surface area contributed by atoms with Crippen molar-refractivity contribution in [2.75, 3.05) is 13.1 Å². The van der Waals surface area contributed by atoms with Crippen LogP contribution >= 0.6 is 11.3 Å². The summed E-state index contributed by atoms with van der Waals surface area (Å²) in [5.41, 5.74) is 3.08. The van der Waals surface area contributed by atoms with Crippen LogP contribution in [0.2, 0.25) is 0 Å². The minimum absolute atomic E-state index is 0.0543. The summed E-state index contributed by atoms with van der Waals surface area (Å²) in [6, 6.07) is 15.8. The lowest BCUT2D eigenvalue weighted by Gasteiger charge is -2.17. The van der Waals surface area contributed by atoms with E-state index in [-0.39, 0.29) is 11.2 Å². The molecule has 1 saturated heterocycles. The summed E-state index contributed by atoms with van der Waals surface area (Å²) in [5, 5.41) is 1.71. The van der Waals surface area contributed by atoms with Crippen molar-refractivity contribution in [3.63, 3.8) is 0 Å². The zero-order valence-electron chi connectivity index (χ0n) is 14.1. The van der Waals surface area contributed by atoms with Crippen molar-refractivity contribution in [1.29, 1.82) is 0 Å². The molecule has 2 atom stereocenters. The van der Waals surface area contributed by atoms with Crippen LogP contribution in [0, 0.1) is 0 Å². The Balaban J connectivity index is 1.49. The fourth-order valence-electron chi connectivity index (χ4n) is 4.17. The minimum Gasteiger partial charge on any atom is -0.296 e. The summed E-state index contributed by atoms with van der Waals surface area (Å²) in [7, 11) is -3.25. The van der Waals surface area contributed by atoms with Crippen molar-refractivity contribution < 1.29 is 8.42 Å². The normalized spacial score (nSPS) is 23.7. The van der Waals surface area contributed by atoms with Gasteiger partial charge in [-0.15, -0.1) is 11.3 Å². The van der Waals surface area contributed by atoms with Gasteiger partial charge in [0.15, 0.2) is 9.84 Å². The van der Waals surface area contributed by atoms with Crippen LogP contribution in [0.15, 0.2) is 65.0 Å². The molecule has 1 fully saturated rings. The van der Waals surface area contributed by atoms with Crippen LogP contribution in [0.3, 0.4) is 0 Å². The van der Waals surface area contributed by atoms with Gasteiger partial charge in [-0.25, -0.2) is 8.42 Å². The van der Waals surface area contributed by atoms with E-state index in [1.165, 1.54) is 4.88 Å². The lowest BCUT2D eigenvalue weighted by molar-refractivity contribution is 0.321. The number of hydrogen-bond donors (Lipinski definition) is 0. The lowest BCUT2D eigenvalue weighted by Crippen LogP contribution is -2.26. The Bertz CT molecular complexity index is 1050. The number of likely N-dealkylation sites (tertiary alicyclic amines) is 1. The molecular weight excluding hydrogens is 364 g/mol. The Labute approximate surface area is 157 Å². The molecule has 1 aromatic carbocycles. The van der Waals surface area contributed by atoms with Crippen LogP contribution in [0.4, 0.5) is 0 Å². The first kappa shape index (κ1) is 16.2. The first-order chi connectivity index (χ1) is 12.6. The Morgan fingerprint density at radius 2 is 2.04 bits per heavy atom. The molecular formula is C20H18N2O2S2. The third-order valence-corrected chi connectivity index (χ3v) is 8.55. The van der Waals surface area contributed by atoms with E-state index in [1.54, 1.807) is 23.6 Å². The van der Waals surface area contributed by atoms with Crippen molar-refractivity contribution in [3.05, 3.63) is 71.4 Å². The van der Waals surface area contributed by atoms with Gasteiger partial charge in [-0.05, 0) is 46.8 Å². The predicted octanol–water partition coefficient (Wildman–Crippen LogP) is 3.57. The van der Waals surface area contributed by atoms with Gasteiger partial charge in [0.2, 0.25) is 0 Å². The fraction of sp³-hybridized carbons (Fsp3) is 0.250. The smallest absolute Gasteiger partial charge is 0.183 e. The van der Waals surface area contributed by atoms with Crippen molar-refractivity contribution in [3.8, 4) is 10.4 Å². The number of thiophene rings is 1. The average Bonchev–Trinajstić information content (AvgIpc) is 3.35. The van der Waals surface area contributed by atoms with Gasteiger partial charge in [-0.1, -0.05) is 18.2 Å². The second-order valence-electron chi connectivity index (χ2n) is 6.94. The van der Waals surface area contributed by atoms with Crippen molar-refractivity contribution in [1.82, 2.24) is 9.88 Å². The highest BCUT2D eigenvalue weighted by molar-refractivity contribution is 7.92. The number of sulfone groups is 1. The van der Waals surface area contributed by atoms with E-state index in [0.717, 1.165) is 23.4 Å². The van der Waals surface area contributed by atoms with E-state index in [2.05, 4.69) is 22.0 Å². The summed E-state index contributed by atoms with van der Waals surface area (Å²) in [6.07, 6.45) is 1.78. The van der Waals surface area contributed by atoms with E-state index in [0.29, 0.717) is 18.0 Å².